The number of hydrogen-bond donors (Lipinski definition) is 3. The number of nitrogens with one attached hydrogen (secondary N) is 2. The second-order valence-electron chi connectivity index (χ2n) is 5.86. The van der Waals surface area contributed by atoms with Gasteiger partial charge in [-0.15, -0.1) is 0 Å². The van der Waals surface area contributed by atoms with Crippen molar-refractivity contribution >= 4 is 16.1 Å². The molecule has 0 aliphatic heterocycles. The van der Waals surface area contributed by atoms with Gasteiger partial charge in [0.05, 0.1) is 4.90 Å². The number of carbonyl (C=O) groups excluding carboxylic acids is 1. The first-order valence-corrected chi connectivity index (χ1v) is 9.58. The van der Waals surface area contributed by atoms with E-state index in [9.17, 15) is 13.2 Å². The molecule has 2 aromatic rings. The molecule has 0 aliphatic rings. The van der Waals surface area contributed by atoms with Crippen molar-refractivity contribution in [3.05, 3.63) is 65.2 Å². The number of aryl methyl sites for hydroxylation is 1. The van der Waals surface area contributed by atoms with E-state index in [1.54, 1.807) is 12.1 Å². The molecule has 0 atom stereocenters. The Labute approximate surface area is 148 Å². The van der Waals surface area contributed by atoms with Gasteiger partial charge in [-0.25, -0.2) is 18.4 Å². The van der Waals surface area contributed by atoms with Gasteiger partial charge in [0.15, 0.2) is 0 Å². The van der Waals surface area contributed by atoms with Crippen LogP contribution in [0.25, 0.3) is 0 Å². The van der Waals surface area contributed by atoms with Crippen LogP contribution in [0.2, 0.25) is 0 Å². The van der Waals surface area contributed by atoms with Crippen LogP contribution in [0.15, 0.2) is 53.4 Å². The molecule has 0 saturated carbocycles. The average molecular weight is 361 g/mol. The minimum absolute atomic E-state index is 0.0815. The number of sulfonamides is 1. The fraction of sp³-hybridized carbons (Fsp3) is 0.278. The number of primary sulfonamides is 1. The van der Waals surface area contributed by atoms with Crippen molar-refractivity contribution in [2.45, 2.75) is 24.7 Å². The van der Waals surface area contributed by atoms with Gasteiger partial charge in [0, 0.05) is 13.1 Å². The Hall–Kier alpha value is -2.38. The predicted octanol–water partition coefficient (Wildman–Crippen LogP) is 1.73. The van der Waals surface area contributed by atoms with Crippen LogP contribution < -0.4 is 15.8 Å². The van der Waals surface area contributed by atoms with Crippen LogP contribution in [0, 0.1) is 6.92 Å². The maximum Gasteiger partial charge on any atom is 0.314 e. The lowest BCUT2D eigenvalue weighted by Crippen LogP contribution is -2.37. The number of urea groups is 1. The van der Waals surface area contributed by atoms with Crippen LogP contribution in [-0.2, 0) is 22.9 Å². The smallest absolute Gasteiger partial charge is 0.314 e. The highest BCUT2D eigenvalue weighted by molar-refractivity contribution is 7.89. The van der Waals surface area contributed by atoms with Crippen molar-refractivity contribution in [2.75, 3.05) is 13.1 Å². The Morgan fingerprint density at radius 2 is 1.32 bits per heavy atom. The molecular weight excluding hydrogens is 338 g/mol. The zero-order valence-corrected chi connectivity index (χ0v) is 15.0. The number of amides is 2. The summed E-state index contributed by atoms with van der Waals surface area (Å²) in [6.45, 7) is 3.07. The number of rotatable bonds is 7. The highest BCUT2D eigenvalue weighted by Crippen LogP contribution is 2.08. The Balaban J connectivity index is 1.67. The molecular formula is C18H23N3O3S. The number of hydrogen-bond acceptors (Lipinski definition) is 3. The summed E-state index contributed by atoms with van der Waals surface area (Å²) in [6.07, 6.45) is 1.39. The first-order valence-electron chi connectivity index (χ1n) is 8.03. The molecule has 134 valence electrons. The van der Waals surface area contributed by atoms with E-state index >= 15 is 0 Å². The van der Waals surface area contributed by atoms with Gasteiger partial charge in [-0.2, -0.15) is 0 Å². The van der Waals surface area contributed by atoms with E-state index in [0.717, 1.165) is 12.0 Å². The lowest BCUT2D eigenvalue weighted by molar-refractivity contribution is 0.241. The van der Waals surface area contributed by atoms with Crippen molar-refractivity contribution in [1.82, 2.24) is 10.6 Å². The van der Waals surface area contributed by atoms with Gasteiger partial charge in [0.25, 0.3) is 0 Å². The molecule has 0 saturated heterocycles. The van der Waals surface area contributed by atoms with Crippen LogP contribution in [0.5, 0.6) is 0 Å². The maximum absolute atomic E-state index is 11.7. The third-order valence-corrected chi connectivity index (χ3v) is 4.70. The van der Waals surface area contributed by atoms with E-state index in [0.29, 0.717) is 19.5 Å². The van der Waals surface area contributed by atoms with Crippen molar-refractivity contribution < 1.29 is 13.2 Å². The Morgan fingerprint density at radius 1 is 0.880 bits per heavy atom. The molecule has 0 radical (unpaired) electrons. The first-order chi connectivity index (χ1) is 11.8. The fourth-order valence-corrected chi connectivity index (χ4v) is 2.82. The standard InChI is InChI=1S/C18H23N3O3S/c1-14-2-4-15(5-3-14)10-12-20-18(22)21-13-11-16-6-8-17(9-7-16)25(19,23)24/h2-9H,10-13H2,1H3,(H2,19,23,24)(H2,20,21,22). The molecule has 6 nitrogen and oxygen atoms in total. The largest absolute Gasteiger partial charge is 0.338 e. The Morgan fingerprint density at radius 3 is 1.76 bits per heavy atom. The summed E-state index contributed by atoms with van der Waals surface area (Å²) in [5, 5.41) is 10.6. The average Bonchev–Trinajstić information content (AvgIpc) is 2.56. The van der Waals surface area contributed by atoms with E-state index in [2.05, 4.69) is 34.9 Å². The highest BCUT2D eigenvalue weighted by atomic mass is 32.2. The molecule has 0 bridgehead atoms. The van der Waals surface area contributed by atoms with Crippen molar-refractivity contribution in [3.8, 4) is 0 Å². The molecule has 2 rings (SSSR count). The molecule has 0 spiro atoms. The van der Waals surface area contributed by atoms with Crippen LogP contribution in [0.1, 0.15) is 16.7 Å². The molecule has 0 heterocycles. The van der Waals surface area contributed by atoms with Crippen molar-refractivity contribution in [2.24, 2.45) is 5.14 Å². The molecule has 2 amide bonds. The normalized spacial score (nSPS) is 11.1. The van der Waals surface area contributed by atoms with Gasteiger partial charge < -0.3 is 10.6 Å². The first kappa shape index (κ1) is 19.0. The molecule has 2 aromatic carbocycles. The second-order valence-corrected chi connectivity index (χ2v) is 7.42. The Kier molecular flexibility index (Phi) is 6.55. The number of nitrogens with two attached hydrogens (primary N) is 1. The van der Waals surface area contributed by atoms with Crippen LogP contribution >= 0.6 is 0 Å². The van der Waals surface area contributed by atoms with Gasteiger partial charge in [0.2, 0.25) is 10.0 Å². The van der Waals surface area contributed by atoms with Crippen LogP contribution in [-0.4, -0.2) is 27.5 Å². The number of carbonyl (C=O) groups is 1. The SMILES string of the molecule is Cc1ccc(CCNC(=O)NCCc2ccc(S(N)(=O)=O)cc2)cc1. The van der Waals surface area contributed by atoms with Gasteiger partial charge >= 0.3 is 6.03 Å². The maximum atomic E-state index is 11.7. The molecule has 0 fully saturated rings. The summed E-state index contributed by atoms with van der Waals surface area (Å²) >= 11 is 0. The molecule has 0 aromatic heterocycles. The van der Waals surface area contributed by atoms with Gasteiger partial charge in [-0.1, -0.05) is 42.0 Å². The lowest BCUT2D eigenvalue weighted by atomic mass is 10.1. The second kappa shape index (κ2) is 8.64. The highest BCUT2D eigenvalue weighted by Gasteiger charge is 2.06. The van der Waals surface area contributed by atoms with E-state index in [-0.39, 0.29) is 10.9 Å². The summed E-state index contributed by atoms with van der Waals surface area (Å²) in [4.78, 5) is 11.8. The van der Waals surface area contributed by atoms with E-state index in [4.69, 9.17) is 5.14 Å². The van der Waals surface area contributed by atoms with E-state index in [1.807, 2.05) is 6.92 Å². The van der Waals surface area contributed by atoms with Gasteiger partial charge in [-0.3, -0.25) is 0 Å². The van der Waals surface area contributed by atoms with Crippen molar-refractivity contribution in [1.29, 1.82) is 0 Å². The molecule has 7 heteroatoms. The van der Waals surface area contributed by atoms with Crippen LogP contribution in [0.3, 0.4) is 0 Å². The molecule has 0 unspecified atom stereocenters. The van der Waals surface area contributed by atoms with Crippen molar-refractivity contribution in [3.63, 3.8) is 0 Å². The number of benzene rings is 2. The molecule has 4 N–H and O–H groups in total. The molecule has 25 heavy (non-hydrogen) atoms. The monoisotopic (exact) mass is 361 g/mol. The zero-order valence-electron chi connectivity index (χ0n) is 14.2. The minimum atomic E-state index is -3.67. The minimum Gasteiger partial charge on any atom is -0.338 e. The third-order valence-electron chi connectivity index (χ3n) is 3.77. The summed E-state index contributed by atoms with van der Waals surface area (Å²) in [6, 6.07) is 14.3. The topological polar surface area (TPSA) is 101 Å². The summed E-state index contributed by atoms with van der Waals surface area (Å²) < 4.78 is 22.4. The van der Waals surface area contributed by atoms with E-state index < -0.39 is 10.0 Å². The van der Waals surface area contributed by atoms with Gasteiger partial charge in [0.1, 0.15) is 0 Å². The zero-order chi connectivity index (χ0) is 18.3. The summed E-state index contributed by atoms with van der Waals surface area (Å²) in [5.74, 6) is 0. The third kappa shape index (κ3) is 6.56. The van der Waals surface area contributed by atoms with E-state index in [1.165, 1.54) is 23.3 Å². The quantitative estimate of drug-likeness (QED) is 0.700. The predicted molar refractivity (Wildman–Crippen MR) is 97.8 cm³/mol. The fourth-order valence-electron chi connectivity index (χ4n) is 2.30. The summed E-state index contributed by atoms with van der Waals surface area (Å²) in [5.41, 5.74) is 3.32. The molecule has 0 aliphatic carbocycles. The lowest BCUT2D eigenvalue weighted by Gasteiger charge is -2.08. The van der Waals surface area contributed by atoms with Crippen LogP contribution in [0.4, 0.5) is 4.79 Å². The Bertz CT molecular complexity index is 800. The van der Waals surface area contributed by atoms with Gasteiger partial charge in [-0.05, 0) is 43.0 Å². The summed E-state index contributed by atoms with van der Waals surface area (Å²) in [7, 11) is -3.67.